The lowest BCUT2D eigenvalue weighted by molar-refractivity contribution is -0.648. The summed E-state index contributed by atoms with van der Waals surface area (Å²) in [7, 11) is 0. The van der Waals surface area contributed by atoms with Crippen LogP contribution < -0.4 is 10.6 Å². The van der Waals surface area contributed by atoms with Crippen LogP contribution in [-0.2, 0) is 22.4 Å². The maximum atomic E-state index is 12.3. The molecule has 1 amide bonds. The van der Waals surface area contributed by atoms with E-state index in [-0.39, 0.29) is 11.9 Å². The molecule has 1 aliphatic carbocycles. The average molecular weight is 339 g/mol. The Morgan fingerprint density at radius 2 is 2.04 bits per heavy atom. The summed E-state index contributed by atoms with van der Waals surface area (Å²) in [5.74, 6) is 0.176. The molecule has 0 spiro atoms. The fourth-order valence-electron chi connectivity index (χ4n) is 2.80. The van der Waals surface area contributed by atoms with Crippen molar-refractivity contribution >= 4 is 28.2 Å². The second-order valence-electron chi connectivity index (χ2n) is 6.31. The standard InChI is InChI=1S/C17H26N2O3S/c1-4-22-17(21)15-12-7-5-6-8-13(12)23-16(15)19-14(20)10-18-9-11(2)3/h11,18H,4-10H2,1-3H3,(H,19,20)/p+1. The second kappa shape index (κ2) is 8.45. The number of rotatable bonds is 7. The number of thiophene rings is 1. The molecule has 0 aliphatic heterocycles. The van der Waals surface area contributed by atoms with E-state index in [1.165, 1.54) is 16.2 Å². The summed E-state index contributed by atoms with van der Waals surface area (Å²) >= 11 is 1.54. The Kier molecular flexibility index (Phi) is 6.59. The lowest BCUT2D eigenvalue weighted by Crippen LogP contribution is -2.87. The molecule has 0 bridgehead atoms. The van der Waals surface area contributed by atoms with Crippen LogP contribution >= 0.6 is 11.3 Å². The highest BCUT2D eigenvalue weighted by Crippen LogP contribution is 2.38. The topological polar surface area (TPSA) is 72.0 Å². The number of nitrogens with two attached hydrogens (primary N) is 1. The largest absolute Gasteiger partial charge is 0.462 e. The van der Waals surface area contributed by atoms with Gasteiger partial charge in [0.15, 0.2) is 6.54 Å². The zero-order chi connectivity index (χ0) is 16.8. The molecule has 1 aromatic heterocycles. The molecule has 1 aliphatic rings. The van der Waals surface area contributed by atoms with Crippen LogP contribution in [0.1, 0.15) is 54.4 Å². The van der Waals surface area contributed by atoms with Crippen molar-refractivity contribution in [2.45, 2.75) is 46.5 Å². The minimum Gasteiger partial charge on any atom is -0.462 e. The third-order valence-electron chi connectivity index (χ3n) is 3.87. The van der Waals surface area contributed by atoms with E-state index in [4.69, 9.17) is 4.74 Å². The van der Waals surface area contributed by atoms with E-state index in [1.54, 1.807) is 6.92 Å². The van der Waals surface area contributed by atoms with Crippen molar-refractivity contribution in [1.82, 2.24) is 0 Å². The maximum absolute atomic E-state index is 12.3. The summed E-state index contributed by atoms with van der Waals surface area (Å²) in [5, 5.41) is 5.59. The SMILES string of the molecule is CCOC(=O)c1c(NC(=O)C[NH2+]CC(C)C)sc2c1CCCC2. The number of nitrogens with one attached hydrogen (secondary N) is 1. The van der Waals surface area contributed by atoms with E-state index in [9.17, 15) is 9.59 Å². The monoisotopic (exact) mass is 339 g/mol. The maximum Gasteiger partial charge on any atom is 0.341 e. The molecule has 3 N–H and O–H groups in total. The van der Waals surface area contributed by atoms with Crippen molar-refractivity contribution in [3.05, 3.63) is 16.0 Å². The molecule has 0 aromatic carbocycles. The normalized spacial score (nSPS) is 13.7. The van der Waals surface area contributed by atoms with Crippen LogP contribution in [0.2, 0.25) is 0 Å². The second-order valence-corrected chi connectivity index (χ2v) is 7.41. The first-order chi connectivity index (χ1) is 11.0. The molecule has 1 aromatic rings. The number of carbonyl (C=O) groups is 2. The molecule has 0 unspecified atom stereocenters. The van der Waals surface area contributed by atoms with E-state index in [2.05, 4.69) is 19.2 Å². The van der Waals surface area contributed by atoms with Crippen molar-refractivity contribution in [3.8, 4) is 0 Å². The Bertz CT molecular complexity index is 566. The quantitative estimate of drug-likeness (QED) is 0.746. The molecule has 2 rings (SSSR count). The van der Waals surface area contributed by atoms with Gasteiger partial charge in [0.05, 0.1) is 18.7 Å². The Hall–Kier alpha value is -1.40. The van der Waals surface area contributed by atoms with Gasteiger partial charge in [-0.2, -0.15) is 0 Å². The molecular formula is C17H27N2O3S+. The van der Waals surface area contributed by atoms with Gasteiger partial charge in [0.2, 0.25) is 0 Å². The van der Waals surface area contributed by atoms with Gasteiger partial charge < -0.3 is 15.4 Å². The predicted octanol–water partition coefficient (Wildman–Crippen LogP) is 1.96. The first-order valence-electron chi connectivity index (χ1n) is 8.46. The van der Waals surface area contributed by atoms with Crippen LogP contribution in [0.4, 0.5) is 5.00 Å². The summed E-state index contributed by atoms with van der Waals surface area (Å²) in [5.41, 5.74) is 1.67. The van der Waals surface area contributed by atoms with Crippen LogP contribution in [-0.4, -0.2) is 31.6 Å². The number of esters is 1. The van der Waals surface area contributed by atoms with Crippen molar-refractivity contribution < 1.29 is 19.6 Å². The molecule has 5 nitrogen and oxygen atoms in total. The van der Waals surface area contributed by atoms with Crippen LogP contribution in [0.5, 0.6) is 0 Å². The molecule has 0 radical (unpaired) electrons. The number of anilines is 1. The number of aryl methyl sites for hydroxylation is 1. The highest BCUT2D eigenvalue weighted by molar-refractivity contribution is 7.17. The van der Waals surface area contributed by atoms with Gasteiger partial charge in [0.25, 0.3) is 5.91 Å². The molecule has 23 heavy (non-hydrogen) atoms. The average Bonchev–Trinajstić information content (AvgIpc) is 2.84. The minimum absolute atomic E-state index is 0.0604. The minimum atomic E-state index is -0.312. The summed E-state index contributed by atoms with van der Waals surface area (Å²) in [4.78, 5) is 25.7. The number of amides is 1. The fourth-order valence-corrected chi connectivity index (χ4v) is 4.09. The fraction of sp³-hybridized carbons (Fsp3) is 0.647. The Balaban J connectivity index is 2.12. The summed E-state index contributed by atoms with van der Waals surface area (Å²) < 4.78 is 5.20. The van der Waals surface area contributed by atoms with Gasteiger partial charge in [0.1, 0.15) is 5.00 Å². The van der Waals surface area contributed by atoms with E-state index in [0.717, 1.165) is 37.8 Å². The Morgan fingerprint density at radius 3 is 2.74 bits per heavy atom. The Morgan fingerprint density at radius 1 is 1.30 bits per heavy atom. The van der Waals surface area contributed by atoms with Crippen LogP contribution in [0.25, 0.3) is 0 Å². The van der Waals surface area contributed by atoms with Gasteiger partial charge in [-0.3, -0.25) is 4.79 Å². The van der Waals surface area contributed by atoms with E-state index >= 15 is 0 Å². The van der Waals surface area contributed by atoms with E-state index < -0.39 is 0 Å². The zero-order valence-corrected chi connectivity index (χ0v) is 15.1. The summed E-state index contributed by atoms with van der Waals surface area (Å²) in [6.07, 6.45) is 4.12. The van der Waals surface area contributed by atoms with Gasteiger partial charge >= 0.3 is 5.97 Å². The lowest BCUT2D eigenvalue weighted by atomic mass is 9.95. The van der Waals surface area contributed by atoms with Gasteiger partial charge in [-0.05, 0) is 38.2 Å². The van der Waals surface area contributed by atoms with Crippen molar-refractivity contribution in [3.63, 3.8) is 0 Å². The first-order valence-corrected chi connectivity index (χ1v) is 9.27. The first kappa shape index (κ1) is 17.9. The van der Waals surface area contributed by atoms with Crippen LogP contribution in [0, 0.1) is 5.92 Å². The molecular weight excluding hydrogens is 312 g/mol. The van der Waals surface area contributed by atoms with Crippen LogP contribution in [0.3, 0.4) is 0 Å². The molecule has 0 saturated heterocycles. The van der Waals surface area contributed by atoms with Crippen molar-refractivity contribution in [2.75, 3.05) is 25.0 Å². The van der Waals surface area contributed by atoms with Gasteiger partial charge in [-0.1, -0.05) is 13.8 Å². The summed E-state index contributed by atoms with van der Waals surface area (Å²) in [6, 6.07) is 0. The number of hydrogen-bond acceptors (Lipinski definition) is 4. The number of quaternary nitrogens is 1. The van der Waals surface area contributed by atoms with Crippen LogP contribution in [0.15, 0.2) is 0 Å². The van der Waals surface area contributed by atoms with Gasteiger partial charge in [-0.25, -0.2) is 4.79 Å². The number of fused-ring (bicyclic) bond motifs is 1. The molecule has 0 atom stereocenters. The van der Waals surface area contributed by atoms with Gasteiger partial charge in [0, 0.05) is 10.8 Å². The third kappa shape index (κ3) is 4.78. The highest BCUT2D eigenvalue weighted by Gasteiger charge is 2.27. The van der Waals surface area contributed by atoms with Gasteiger partial charge in [-0.15, -0.1) is 11.3 Å². The molecule has 128 valence electrons. The number of carbonyl (C=O) groups excluding carboxylic acids is 2. The molecule has 1 heterocycles. The van der Waals surface area contributed by atoms with E-state index in [1.807, 2.05) is 5.32 Å². The van der Waals surface area contributed by atoms with E-state index in [0.29, 0.717) is 29.6 Å². The zero-order valence-electron chi connectivity index (χ0n) is 14.2. The molecule has 0 saturated carbocycles. The molecule has 0 fully saturated rings. The lowest BCUT2D eigenvalue weighted by Gasteiger charge is -2.12. The smallest absolute Gasteiger partial charge is 0.341 e. The predicted molar refractivity (Wildman–Crippen MR) is 92.0 cm³/mol. The number of hydrogen-bond donors (Lipinski definition) is 2. The third-order valence-corrected chi connectivity index (χ3v) is 5.08. The highest BCUT2D eigenvalue weighted by atomic mass is 32.1. The van der Waals surface area contributed by atoms with Crippen molar-refractivity contribution in [2.24, 2.45) is 5.92 Å². The molecule has 6 heteroatoms. The van der Waals surface area contributed by atoms with Crippen molar-refractivity contribution in [1.29, 1.82) is 0 Å². The Labute approximate surface area is 141 Å². The summed E-state index contributed by atoms with van der Waals surface area (Å²) in [6.45, 7) is 7.69. The number of ether oxygens (including phenoxy) is 1.